The van der Waals surface area contributed by atoms with Crippen molar-refractivity contribution in [3.63, 3.8) is 0 Å². The molecule has 1 N–H and O–H groups in total. The summed E-state index contributed by atoms with van der Waals surface area (Å²) in [6.45, 7) is 6.11. The summed E-state index contributed by atoms with van der Waals surface area (Å²) in [5.74, 6) is 0. The zero-order valence-corrected chi connectivity index (χ0v) is 20.6. The van der Waals surface area contributed by atoms with E-state index >= 15 is 0 Å². The number of β-amino-alcohol motifs (C(OH)–C–C–N with tert-alkyl or cyclic N) is 1. The molecular weight excluding hydrogens is 465 g/mol. The zero-order chi connectivity index (χ0) is 23.5. The van der Waals surface area contributed by atoms with Gasteiger partial charge in [0.1, 0.15) is 0 Å². The van der Waals surface area contributed by atoms with Crippen molar-refractivity contribution in [1.29, 1.82) is 0 Å². The van der Waals surface area contributed by atoms with Crippen LogP contribution in [0.15, 0.2) is 72.8 Å². The van der Waals surface area contributed by atoms with Crippen LogP contribution in [0.1, 0.15) is 5.56 Å². The van der Waals surface area contributed by atoms with Crippen molar-refractivity contribution in [3.8, 4) is 0 Å². The van der Waals surface area contributed by atoms with Crippen molar-refractivity contribution in [3.05, 3.63) is 88.4 Å². The Bertz CT molecular complexity index is 1230. The van der Waals surface area contributed by atoms with Crippen LogP contribution in [0, 0.1) is 0 Å². The second-order valence-corrected chi connectivity index (χ2v) is 9.87. The van der Waals surface area contributed by atoms with Crippen LogP contribution in [0.3, 0.4) is 0 Å². The minimum absolute atomic E-state index is 0.463. The van der Waals surface area contributed by atoms with Gasteiger partial charge in [0.25, 0.3) is 0 Å². The third kappa shape index (κ3) is 5.32. The summed E-state index contributed by atoms with van der Waals surface area (Å²) in [4.78, 5) is 4.83. The predicted octanol–water partition coefficient (Wildman–Crippen LogP) is 5.79. The van der Waals surface area contributed by atoms with E-state index in [1.807, 2.05) is 42.5 Å². The molecule has 0 bridgehead atoms. The lowest BCUT2D eigenvalue weighted by Gasteiger charge is -2.35. The Morgan fingerprint density at radius 1 is 0.765 bits per heavy atom. The fraction of sp³-hybridized carbons (Fsp3) is 0.286. The highest BCUT2D eigenvalue weighted by Crippen LogP contribution is 2.33. The number of piperazine rings is 1. The molecule has 1 saturated heterocycles. The van der Waals surface area contributed by atoms with Crippen LogP contribution < -0.4 is 0 Å². The third-order valence-corrected chi connectivity index (χ3v) is 7.06. The summed E-state index contributed by atoms with van der Waals surface area (Å²) in [7, 11) is 0. The number of aromatic nitrogens is 1. The number of nitrogens with zero attached hydrogens (tertiary/aromatic N) is 3. The number of aliphatic hydroxyl groups excluding tert-OH is 1. The highest BCUT2D eigenvalue weighted by Gasteiger charge is 2.20. The topological polar surface area (TPSA) is 31.6 Å². The normalized spacial score (nSPS) is 16.7. The summed E-state index contributed by atoms with van der Waals surface area (Å²) in [6.07, 6.45) is 3.96. The number of halogens is 2. The van der Waals surface area contributed by atoms with Crippen molar-refractivity contribution < 1.29 is 5.11 Å². The van der Waals surface area contributed by atoms with Gasteiger partial charge in [-0.3, -0.25) is 9.80 Å². The maximum atomic E-state index is 11.0. The molecule has 1 aliphatic rings. The average Bonchev–Trinajstić information content (AvgIpc) is 3.12. The van der Waals surface area contributed by atoms with Crippen LogP contribution >= 0.6 is 23.2 Å². The Kier molecular flexibility index (Phi) is 7.23. The van der Waals surface area contributed by atoms with Crippen LogP contribution in [0.2, 0.25) is 10.0 Å². The number of hydrogen-bond acceptors (Lipinski definition) is 3. The molecule has 0 radical (unpaired) electrons. The molecule has 1 aliphatic heterocycles. The van der Waals surface area contributed by atoms with Gasteiger partial charge in [-0.25, -0.2) is 0 Å². The average molecular weight is 494 g/mol. The summed E-state index contributed by atoms with van der Waals surface area (Å²) in [5, 5.41) is 14.5. The molecule has 1 atom stereocenters. The molecule has 0 unspecified atom stereocenters. The molecule has 34 heavy (non-hydrogen) atoms. The quantitative estimate of drug-likeness (QED) is 0.353. The van der Waals surface area contributed by atoms with Gasteiger partial charge in [0, 0.05) is 71.1 Å². The maximum absolute atomic E-state index is 11.0. The Hall–Kier alpha value is -2.34. The summed E-state index contributed by atoms with van der Waals surface area (Å²) >= 11 is 12.5. The Labute approximate surface area is 210 Å². The molecule has 3 aromatic carbocycles. The number of benzene rings is 3. The SMILES string of the molecule is O[C@@H](CN1CCN(CC=Cc2ccccc2)CC1)Cn1c2ccc(Cl)cc2c2cc(Cl)ccc21. The van der Waals surface area contributed by atoms with Crippen LogP contribution in [0.25, 0.3) is 27.9 Å². The number of fused-ring (bicyclic) bond motifs is 3. The van der Waals surface area contributed by atoms with Gasteiger partial charge in [-0.2, -0.15) is 0 Å². The van der Waals surface area contributed by atoms with Gasteiger partial charge in [0.2, 0.25) is 0 Å². The first-order valence-electron chi connectivity index (χ1n) is 11.8. The lowest BCUT2D eigenvalue weighted by Crippen LogP contribution is -2.48. The molecule has 1 fully saturated rings. The van der Waals surface area contributed by atoms with E-state index in [1.165, 1.54) is 5.56 Å². The van der Waals surface area contributed by atoms with E-state index in [0.717, 1.165) is 54.5 Å². The largest absolute Gasteiger partial charge is 0.390 e. The van der Waals surface area contributed by atoms with Crippen LogP contribution in [-0.4, -0.2) is 64.8 Å². The number of hydrogen-bond donors (Lipinski definition) is 1. The molecule has 176 valence electrons. The van der Waals surface area contributed by atoms with Crippen molar-refractivity contribution in [2.75, 3.05) is 39.3 Å². The van der Waals surface area contributed by atoms with Crippen LogP contribution in [0.4, 0.5) is 0 Å². The van der Waals surface area contributed by atoms with Gasteiger partial charge < -0.3 is 9.67 Å². The molecule has 0 amide bonds. The van der Waals surface area contributed by atoms with Crippen molar-refractivity contribution in [1.82, 2.24) is 14.4 Å². The van der Waals surface area contributed by atoms with E-state index < -0.39 is 6.10 Å². The molecule has 6 heteroatoms. The van der Waals surface area contributed by atoms with E-state index in [9.17, 15) is 5.11 Å². The second kappa shape index (κ2) is 10.5. The van der Waals surface area contributed by atoms with E-state index in [4.69, 9.17) is 23.2 Å². The minimum atomic E-state index is -0.463. The van der Waals surface area contributed by atoms with Crippen LogP contribution in [0.5, 0.6) is 0 Å². The van der Waals surface area contributed by atoms with Crippen LogP contribution in [-0.2, 0) is 6.54 Å². The fourth-order valence-corrected chi connectivity index (χ4v) is 5.21. The Morgan fingerprint density at radius 3 is 1.97 bits per heavy atom. The van der Waals surface area contributed by atoms with E-state index in [0.29, 0.717) is 23.1 Å². The van der Waals surface area contributed by atoms with Gasteiger partial charge in [0.05, 0.1) is 12.6 Å². The highest BCUT2D eigenvalue weighted by atomic mass is 35.5. The van der Waals surface area contributed by atoms with Gasteiger partial charge in [0.15, 0.2) is 0 Å². The zero-order valence-electron chi connectivity index (χ0n) is 19.1. The molecule has 4 nitrogen and oxygen atoms in total. The molecule has 0 spiro atoms. The first-order valence-corrected chi connectivity index (χ1v) is 12.5. The molecule has 5 rings (SSSR count). The Morgan fingerprint density at radius 2 is 1.35 bits per heavy atom. The molecular formula is C28H29Cl2N3O. The first kappa shape index (κ1) is 23.4. The molecule has 1 aromatic heterocycles. The number of aliphatic hydroxyl groups is 1. The van der Waals surface area contributed by atoms with E-state index in [-0.39, 0.29) is 0 Å². The fourth-order valence-electron chi connectivity index (χ4n) is 4.87. The van der Waals surface area contributed by atoms with E-state index in [1.54, 1.807) is 0 Å². The van der Waals surface area contributed by atoms with Gasteiger partial charge in [-0.05, 0) is 42.0 Å². The third-order valence-electron chi connectivity index (χ3n) is 6.59. The van der Waals surface area contributed by atoms with Gasteiger partial charge in [-0.15, -0.1) is 0 Å². The maximum Gasteiger partial charge on any atom is 0.0845 e. The van der Waals surface area contributed by atoms with Crippen molar-refractivity contribution >= 4 is 51.1 Å². The van der Waals surface area contributed by atoms with E-state index in [2.05, 4.69) is 50.8 Å². The second-order valence-electron chi connectivity index (χ2n) is 9.00. The Balaban J connectivity index is 1.20. The predicted molar refractivity (Wildman–Crippen MR) is 144 cm³/mol. The number of rotatable bonds is 7. The smallest absolute Gasteiger partial charge is 0.0845 e. The van der Waals surface area contributed by atoms with Crippen molar-refractivity contribution in [2.24, 2.45) is 0 Å². The summed E-state index contributed by atoms with van der Waals surface area (Å²) in [6, 6.07) is 22.2. The molecule has 0 aliphatic carbocycles. The summed E-state index contributed by atoms with van der Waals surface area (Å²) < 4.78 is 2.19. The summed E-state index contributed by atoms with van der Waals surface area (Å²) in [5.41, 5.74) is 3.37. The molecule has 4 aromatic rings. The van der Waals surface area contributed by atoms with Crippen molar-refractivity contribution in [2.45, 2.75) is 12.6 Å². The highest BCUT2D eigenvalue weighted by molar-refractivity contribution is 6.33. The monoisotopic (exact) mass is 493 g/mol. The standard InChI is InChI=1S/C28H29Cl2N3O/c29-22-8-10-27-25(17-22)26-18-23(30)9-11-28(26)33(27)20-24(34)19-32-15-13-31(14-16-32)12-4-7-21-5-2-1-3-6-21/h1-11,17-18,24,34H,12-16,19-20H2/t24-/m0/s1. The molecule has 2 heterocycles. The lowest BCUT2D eigenvalue weighted by molar-refractivity contribution is 0.0688. The minimum Gasteiger partial charge on any atom is -0.390 e. The van der Waals surface area contributed by atoms with Gasteiger partial charge >= 0.3 is 0 Å². The molecule has 0 saturated carbocycles. The first-order chi connectivity index (χ1) is 16.6. The van der Waals surface area contributed by atoms with Gasteiger partial charge in [-0.1, -0.05) is 65.7 Å². The lowest BCUT2D eigenvalue weighted by atomic mass is 10.1.